The topological polar surface area (TPSA) is 186 Å². The molecule has 0 aliphatic carbocycles. The standard InChI is InChI=1S/C40H75NO10/c1-3-5-7-9-11-13-15-16-17-18-19-21-22-24-26-28-32(42)31(30-50-40-36(46)34(44)35(45)37(51-40)39(48)49)41-38(47)33(43)29-27-25-23-20-14-12-10-8-6-4-2/h13,15,31-37,40,42-46H,3-12,14,16-30H2,1-2H3,(H,41,47)(H,48,49)/b15-13-/t31?,32?,33-,34-,35-,36+,37-,40-/m0/s1. The number of hydrogen-bond donors (Lipinski definition) is 7. The molecule has 1 fully saturated rings. The summed E-state index contributed by atoms with van der Waals surface area (Å²) in [6.07, 6.45) is 20.2. The molecule has 1 rings (SSSR count). The van der Waals surface area contributed by atoms with E-state index in [1.165, 1.54) is 83.5 Å². The number of ether oxygens (including phenoxy) is 2. The Morgan fingerprint density at radius 2 is 1.10 bits per heavy atom. The van der Waals surface area contributed by atoms with Crippen molar-refractivity contribution in [2.24, 2.45) is 0 Å². The number of unbranched alkanes of at least 4 members (excludes halogenated alkanes) is 20. The Hall–Kier alpha value is -1.60. The van der Waals surface area contributed by atoms with E-state index in [0.717, 1.165) is 51.4 Å². The number of hydrogen-bond acceptors (Lipinski definition) is 9. The Labute approximate surface area is 308 Å². The van der Waals surface area contributed by atoms with Gasteiger partial charge in [0.25, 0.3) is 0 Å². The normalized spacial score (nSPS) is 22.6. The summed E-state index contributed by atoms with van der Waals surface area (Å²) >= 11 is 0. The van der Waals surface area contributed by atoms with Crippen LogP contribution in [-0.4, -0.2) is 98.1 Å². The van der Waals surface area contributed by atoms with Crippen molar-refractivity contribution < 1.29 is 49.7 Å². The third kappa shape index (κ3) is 22.3. The third-order valence-electron chi connectivity index (χ3n) is 9.94. The summed E-state index contributed by atoms with van der Waals surface area (Å²) in [4.78, 5) is 24.4. The highest BCUT2D eigenvalue weighted by Gasteiger charge is 2.47. The van der Waals surface area contributed by atoms with Crippen molar-refractivity contribution in [3.8, 4) is 0 Å². The average Bonchev–Trinajstić information content (AvgIpc) is 3.11. The summed E-state index contributed by atoms with van der Waals surface area (Å²) in [6.45, 7) is 4.06. The van der Waals surface area contributed by atoms with Gasteiger partial charge in [0.2, 0.25) is 5.91 Å². The largest absolute Gasteiger partial charge is 0.479 e. The number of carboxylic acids is 1. The molecule has 0 bridgehead atoms. The highest BCUT2D eigenvalue weighted by atomic mass is 16.7. The van der Waals surface area contributed by atoms with Crippen LogP contribution in [0.5, 0.6) is 0 Å². The second-order valence-electron chi connectivity index (χ2n) is 14.6. The minimum absolute atomic E-state index is 0.288. The molecule has 0 aromatic carbocycles. The molecule has 11 nitrogen and oxygen atoms in total. The van der Waals surface area contributed by atoms with Crippen molar-refractivity contribution in [1.29, 1.82) is 0 Å². The highest BCUT2D eigenvalue weighted by Crippen LogP contribution is 2.23. The molecule has 8 atom stereocenters. The second kappa shape index (κ2) is 30.8. The molecular weight excluding hydrogens is 654 g/mol. The lowest BCUT2D eigenvalue weighted by molar-refractivity contribution is -0.295. The predicted octanol–water partition coefficient (Wildman–Crippen LogP) is 6.45. The molecule has 11 heteroatoms. The zero-order valence-corrected chi connectivity index (χ0v) is 32.0. The fourth-order valence-electron chi connectivity index (χ4n) is 6.50. The van der Waals surface area contributed by atoms with Gasteiger partial charge in [0.1, 0.15) is 24.4 Å². The molecule has 51 heavy (non-hydrogen) atoms. The smallest absolute Gasteiger partial charge is 0.335 e. The number of aliphatic hydroxyl groups is 5. The SMILES string of the molecule is CCCCCC/C=C\CCCCCCCCCC(O)C(CO[C@H]1O[C@H](C(=O)O)[C@@H](O)[C@H](O)[C@H]1O)NC(=O)[C@@H](O)CCCCCCCCCCCC. The van der Waals surface area contributed by atoms with E-state index in [0.29, 0.717) is 19.3 Å². The Bertz CT molecular complexity index is 889. The van der Waals surface area contributed by atoms with Crippen molar-refractivity contribution in [3.63, 3.8) is 0 Å². The number of carbonyl (C=O) groups excluding carboxylic acids is 1. The van der Waals surface area contributed by atoms with Gasteiger partial charge in [-0.15, -0.1) is 0 Å². The molecule has 0 radical (unpaired) electrons. The Morgan fingerprint density at radius 3 is 1.61 bits per heavy atom. The predicted molar refractivity (Wildman–Crippen MR) is 200 cm³/mol. The van der Waals surface area contributed by atoms with Crippen LogP contribution in [0.15, 0.2) is 12.2 Å². The molecule has 300 valence electrons. The average molecular weight is 730 g/mol. The molecule has 2 unspecified atom stereocenters. The van der Waals surface area contributed by atoms with Gasteiger partial charge < -0.3 is 45.4 Å². The van der Waals surface area contributed by atoms with Gasteiger partial charge in [-0.05, 0) is 38.5 Å². The lowest BCUT2D eigenvalue weighted by Crippen LogP contribution is -2.61. The monoisotopic (exact) mass is 730 g/mol. The summed E-state index contributed by atoms with van der Waals surface area (Å²) in [6, 6.07) is -0.984. The Morgan fingerprint density at radius 1 is 0.647 bits per heavy atom. The van der Waals surface area contributed by atoms with Gasteiger partial charge in [-0.1, -0.05) is 148 Å². The van der Waals surface area contributed by atoms with Crippen LogP contribution >= 0.6 is 0 Å². The molecule has 0 aromatic heterocycles. The molecule has 1 aliphatic heterocycles. The molecule has 0 spiro atoms. The van der Waals surface area contributed by atoms with Crippen LogP contribution in [0.2, 0.25) is 0 Å². The molecular formula is C40H75NO10. The van der Waals surface area contributed by atoms with E-state index in [9.17, 15) is 40.2 Å². The Balaban J connectivity index is 2.51. The van der Waals surface area contributed by atoms with Gasteiger partial charge in [-0.25, -0.2) is 4.79 Å². The maximum Gasteiger partial charge on any atom is 0.335 e. The molecule has 1 aliphatic rings. The number of rotatable bonds is 33. The van der Waals surface area contributed by atoms with Gasteiger partial charge in [0.05, 0.1) is 18.8 Å². The molecule has 0 aromatic rings. The minimum Gasteiger partial charge on any atom is -0.479 e. The van der Waals surface area contributed by atoms with E-state index in [2.05, 4.69) is 31.3 Å². The fraction of sp³-hybridized carbons (Fsp3) is 0.900. The lowest BCUT2D eigenvalue weighted by Gasteiger charge is -2.39. The first-order valence-electron chi connectivity index (χ1n) is 20.5. The maximum absolute atomic E-state index is 13.0. The zero-order valence-electron chi connectivity index (χ0n) is 32.0. The molecule has 0 saturated carbocycles. The first-order valence-corrected chi connectivity index (χ1v) is 20.5. The minimum atomic E-state index is -1.86. The summed E-state index contributed by atoms with van der Waals surface area (Å²) in [7, 11) is 0. The summed E-state index contributed by atoms with van der Waals surface area (Å²) in [5.74, 6) is -2.18. The van der Waals surface area contributed by atoms with Gasteiger partial charge >= 0.3 is 5.97 Å². The van der Waals surface area contributed by atoms with Gasteiger partial charge in [-0.3, -0.25) is 4.79 Å². The van der Waals surface area contributed by atoms with Crippen molar-refractivity contribution in [1.82, 2.24) is 5.32 Å². The molecule has 1 amide bonds. The number of aliphatic hydroxyl groups excluding tert-OH is 5. The Kier molecular flexibility index (Phi) is 28.7. The highest BCUT2D eigenvalue weighted by molar-refractivity contribution is 5.80. The van der Waals surface area contributed by atoms with Crippen LogP contribution < -0.4 is 5.32 Å². The van der Waals surface area contributed by atoms with Crippen molar-refractivity contribution in [2.45, 2.75) is 223 Å². The summed E-state index contributed by atoms with van der Waals surface area (Å²) < 4.78 is 10.8. The zero-order chi connectivity index (χ0) is 37.7. The van der Waals surface area contributed by atoms with E-state index in [-0.39, 0.29) is 13.0 Å². The number of allylic oxidation sites excluding steroid dienone is 2. The van der Waals surface area contributed by atoms with Crippen LogP contribution in [0, 0.1) is 0 Å². The number of aliphatic carboxylic acids is 1. The quantitative estimate of drug-likeness (QED) is 0.0292. The maximum atomic E-state index is 13.0. The van der Waals surface area contributed by atoms with E-state index in [1.54, 1.807) is 0 Å². The van der Waals surface area contributed by atoms with E-state index in [4.69, 9.17) is 9.47 Å². The second-order valence-corrected chi connectivity index (χ2v) is 14.6. The van der Waals surface area contributed by atoms with Crippen LogP contribution in [-0.2, 0) is 19.1 Å². The first kappa shape index (κ1) is 47.4. The number of amides is 1. The van der Waals surface area contributed by atoms with Gasteiger partial charge in [0, 0.05) is 0 Å². The van der Waals surface area contributed by atoms with Crippen LogP contribution in [0.1, 0.15) is 174 Å². The number of nitrogens with one attached hydrogen (secondary N) is 1. The van der Waals surface area contributed by atoms with Crippen LogP contribution in [0.25, 0.3) is 0 Å². The molecule has 1 heterocycles. The van der Waals surface area contributed by atoms with Crippen molar-refractivity contribution in [2.75, 3.05) is 6.61 Å². The van der Waals surface area contributed by atoms with Crippen LogP contribution in [0.3, 0.4) is 0 Å². The van der Waals surface area contributed by atoms with Gasteiger partial charge in [0.15, 0.2) is 12.4 Å². The third-order valence-corrected chi connectivity index (χ3v) is 9.94. The first-order chi connectivity index (χ1) is 24.6. The molecule has 1 saturated heterocycles. The van der Waals surface area contributed by atoms with Gasteiger partial charge in [-0.2, -0.15) is 0 Å². The number of carbonyl (C=O) groups is 2. The fourth-order valence-corrected chi connectivity index (χ4v) is 6.50. The number of carboxylic acid groups (broad SMARTS) is 1. The molecule has 7 N–H and O–H groups in total. The van der Waals surface area contributed by atoms with E-state index < -0.39 is 60.8 Å². The van der Waals surface area contributed by atoms with Crippen molar-refractivity contribution >= 4 is 11.9 Å². The van der Waals surface area contributed by atoms with E-state index >= 15 is 0 Å². The summed E-state index contributed by atoms with van der Waals surface area (Å²) in [5, 5.41) is 64.2. The summed E-state index contributed by atoms with van der Waals surface area (Å²) in [5.41, 5.74) is 0. The van der Waals surface area contributed by atoms with E-state index in [1.807, 2.05) is 0 Å². The van der Waals surface area contributed by atoms with Crippen molar-refractivity contribution in [3.05, 3.63) is 12.2 Å². The van der Waals surface area contributed by atoms with Crippen LogP contribution in [0.4, 0.5) is 0 Å². The lowest BCUT2D eigenvalue weighted by atomic mass is 9.99.